The molecule has 0 spiro atoms. The molecular weight excluding hydrogens is 318 g/mol. The molecule has 0 aromatic heterocycles. The average molecular weight is 339 g/mol. The molecule has 1 aliphatic carbocycles. The number of hydrogen-bond acceptors (Lipinski definition) is 4. The first-order valence-electron chi connectivity index (χ1n) is 8.48. The number of para-hydroxylation sites is 2. The summed E-state index contributed by atoms with van der Waals surface area (Å²) in [6.07, 6.45) is 0.869. The lowest BCUT2D eigenvalue weighted by molar-refractivity contribution is -0.120. The average Bonchev–Trinajstić information content (AvgIpc) is 3.47. The second kappa shape index (κ2) is 6.31. The second-order valence-electron chi connectivity index (χ2n) is 6.37. The summed E-state index contributed by atoms with van der Waals surface area (Å²) in [6, 6.07) is 13.6. The molecule has 25 heavy (non-hydrogen) atoms. The molecule has 5 heteroatoms. The van der Waals surface area contributed by atoms with Crippen LogP contribution in [0.1, 0.15) is 17.9 Å². The highest BCUT2D eigenvalue weighted by Gasteiger charge is 2.47. The Morgan fingerprint density at radius 2 is 1.92 bits per heavy atom. The maximum atomic E-state index is 13.0. The molecule has 0 N–H and O–H groups in total. The van der Waals surface area contributed by atoms with Gasteiger partial charge in [0.1, 0.15) is 12.4 Å². The summed E-state index contributed by atoms with van der Waals surface area (Å²) in [5.74, 6) is 2.62. The number of rotatable bonds is 4. The third-order valence-corrected chi connectivity index (χ3v) is 4.94. The molecule has 130 valence electrons. The third kappa shape index (κ3) is 2.80. The summed E-state index contributed by atoms with van der Waals surface area (Å²) in [5.41, 5.74) is 1.99. The second-order valence-corrected chi connectivity index (χ2v) is 6.37. The highest BCUT2D eigenvalue weighted by atomic mass is 16.5. The maximum absolute atomic E-state index is 13.0. The van der Waals surface area contributed by atoms with Gasteiger partial charge in [-0.15, -0.1) is 0 Å². The largest absolute Gasteiger partial charge is 0.493 e. The highest BCUT2D eigenvalue weighted by Crippen LogP contribution is 2.51. The molecule has 1 aliphatic heterocycles. The zero-order valence-electron chi connectivity index (χ0n) is 14.4. The number of methoxy groups -OCH3 is 2. The quantitative estimate of drug-likeness (QED) is 0.858. The van der Waals surface area contributed by atoms with Gasteiger partial charge < -0.3 is 19.1 Å². The van der Waals surface area contributed by atoms with Gasteiger partial charge in [0.25, 0.3) is 0 Å². The fraction of sp³-hybridized carbons (Fsp3) is 0.350. The Kier molecular flexibility index (Phi) is 3.99. The molecule has 2 atom stereocenters. The minimum absolute atomic E-state index is 0.0178. The SMILES string of the molecule is COc1ccc(C2CC2C(=O)N2CCOc3ccccc32)cc1OC. The van der Waals surface area contributed by atoms with E-state index in [1.54, 1.807) is 14.2 Å². The number of carbonyl (C=O) groups is 1. The van der Waals surface area contributed by atoms with Gasteiger partial charge in [-0.05, 0) is 42.2 Å². The maximum Gasteiger partial charge on any atom is 0.230 e. The smallest absolute Gasteiger partial charge is 0.230 e. The van der Waals surface area contributed by atoms with E-state index in [1.165, 1.54) is 0 Å². The minimum atomic E-state index is 0.0178. The van der Waals surface area contributed by atoms with Crippen molar-refractivity contribution in [2.24, 2.45) is 5.92 Å². The van der Waals surface area contributed by atoms with Crippen LogP contribution < -0.4 is 19.1 Å². The predicted octanol–water partition coefficient (Wildman–Crippen LogP) is 3.23. The molecule has 4 rings (SSSR count). The van der Waals surface area contributed by atoms with Crippen LogP contribution in [-0.2, 0) is 4.79 Å². The summed E-state index contributed by atoms with van der Waals surface area (Å²) >= 11 is 0. The van der Waals surface area contributed by atoms with Crippen LogP contribution in [-0.4, -0.2) is 33.3 Å². The Bertz CT molecular complexity index is 804. The zero-order valence-corrected chi connectivity index (χ0v) is 14.4. The van der Waals surface area contributed by atoms with Crippen molar-refractivity contribution < 1.29 is 19.0 Å². The first-order valence-corrected chi connectivity index (χ1v) is 8.48. The van der Waals surface area contributed by atoms with Crippen molar-refractivity contribution in [3.63, 3.8) is 0 Å². The van der Waals surface area contributed by atoms with Crippen LogP contribution in [0.25, 0.3) is 0 Å². The first kappa shape index (κ1) is 15.8. The molecule has 0 saturated heterocycles. The van der Waals surface area contributed by atoms with Crippen LogP contribution >= 0.6 is 0 Å². The van der Waals surface area contributed by atoms with E-state index >= 15 is 0 Å². The van der Waals surface area contributed by atoms with E-state index in [9.17, 15) is 4.79 Å². The van der Waals surface area contributed by atoms with Crippen molar-refractivity contribution in [3.8, 4) is 17.2 Å². The van der Waals surface area contributed by atoms with Gasteiger partial charge in [-0.1, -0.05) is 18.2 Å². The lowest BCUT2D eigenvalue weighted by Crippen LogP contribution is -2.39. The van der Waals surface area contributed by atoms with Crippen LogP contribution in [0.3, 0.4) is 0 Å². The third-order valence-electron chi connectivity index (χ3n) is 4.94. The van der Waals surface area contributed by atoms with Gasteiger partial charge in [0.2, 0.25) is 5.91 Å². The van der Waals surface area contributed by atoms with E-state index in [2.05, 4.69) is 0 Å². The molecule has 0 radical (unpaired) electrons. The van der Waals surface area contributed by atoms with Gasteiger partial charge in [0.15, 0.2) is 11.5 Å². The van der Waals surface area contributed by atoms with E-state index < -0.39 is 0 Å². The van der Waals surface area contributed by atoms with Gasteiger partial charge in [-0.25, -0.2) is 0 Å². The van der Waals surface area contributed by atoms with Gasteiger partial charge in [-0.2, -0.15) is 0 Å². The number of nitrogens with zero attached hydrogens (tertiary/aromatic N) is 1. The van der Waals surface area contributed by atoms with Crippen LogP contribution in [0.4, 0.5) is 5.69 Å². The van der Waals surface area contributed by atoms with E-state index in [4.69, 9.17) is 14.2 Å². The molecule has 1 saturated carbocycles. The van der Waals surface area contributed by atoms with Crippen LogP contribution in [0.2, 0.25) is 0 Å². The number of carbonyl (C=O) groups excluding carboxylic acids is 1. The Morgan fingerprint density at radius 3 is 2.72 bits per heavy atom. The van der Waals surface area contributed by atoms with Crippen LogP contribution in [0, 0.1) is 5.92 Å². The van der Waals surface area contributed by atoms with E-state index in [0.717, 1.165) is 23.4 Å². The van der Waals surface area contributed by atoms with Crippen molar-refractivity contribution in [2.75, 3.05) is 32.3 Å². The van der Waals surface area contributed by atoms with Gasteiger partial charge in [0.05, 0.1) is 26.5 Å². The molecular formula is C20H21NO4. The summed E-state index contributed by atoms with van der Waals surface area (Å²) in [7, 11) is 3.25. The van der Waals surface area contributed by atoms with E-state index in [1.807, 2.05) is 47.4 Å². The molecule has 1 heterocycles. The first-order chi connectivity index (χ1) is 12.2. The Morgan fingerprint density at radius 1 is 1.12 bits per heavy atom. The monoisotopic (exact) mass is 339 g/mol. The Hall–Kier alpha value is -2.69. The summed E-state index contributed by atoms with van der Waals surface area (Å²) in [4.78, 5) is 14.9. The standard InChI is InChI=1S/C20H21NO4/c1-23-18-8-7-13(11-19(18)24-2)14-12-15(14)20(22)21-9-10-25-17-6-4-3-5-16(17)21/h3-8,11,14-15H,9-10,12H2,1-2H3. The molecule has 2 aromatic carbocycles. The topological polar surface area (TPSA) is 48.0 Å². The molecule has 0 bridgehead atoms. The number of ether oxygens (including phenoxy) is 3. The van der Waals surface area contributed by atoms with Crippen molar-refractivity contribution in [1.82, 2.24) is 0 Å². The van der Waals surface area contributed by atoms with Gasteiger partial charge in [-0.3, -0.25) is 4.79 Å². The summed E-state index contributed by atoms with van der Waals surface area (Å²) in [6.45, 7) is 1.14. The number of fused-ring (bicyclic) bond motifs is 1. The molecule has 2 aromatic rings. The van der Waals surface area contributed by atoms with Crippen molar-refractivity contribution in [2.45, 2.75) is 12.3 Å². The zero-order chi connectivity index (χ0) is 17.4. The van der Waals surface area contributed by atoms with Crippen LogP contribution in [0.5, 0.6) is 17.2 Å². The van der Waals surface area contributed by atoms with Crippen molar-refractivity contribution in [3.05, 3.63) is 48.0 Å². The highest BCUT2D eigenvalue weighted by molar-refractivity contribution is 5.99. The number of amides is 1. The molecule has 1 amide bonds. The predicted molar refractivity (Wildman–Crippen MR) is 94.7 cm³/mol. The number of hydrogen-bond donors (Lipinski definition) is 0. The minimum Gasteiger partial charge on any atom is -0.493 e. The lowest BCUT2D eigenvalue weighted by atomic mass is 10.1. The van der Waals surface area contributed by atoms with Gasteiger partial charge in [0, 0.05) is 5.92 Å². The Labute approximate surface area is 147 Å². The Balaban J connectivity index is 1.53. The van der Waals surface area contributed by atoms with Crippen molar-refractivity contribution in [1.29, 1.82) is 0 Å². The molecule has 2 aliphatic rings. The van der Waals surface area contributed by atoms with E-state index in [0.29, 0.717) is 24.7 Å². The molecule has 5 nitrogen and oxygen atoms in total. The molecule has 2 unspecified atom stereocenters. The summed E-state index contributed by atoms with van der Waals surface area (Å²) < 4.78 is 16.3. The molecule has 1 fully saturated rings. The fourth-order valence-corrected chi connectivity index (χ4v) is 3.52. The van der Waals surface area contributed by atoms with E-state index in [-0.39, 0.29) is 17.7 Å². The van der Waals surface area contributed by atoms with Gasteiger partial charge >= 0.3 is 0 Å². The number of anilines is 1. The number of benzene rings is 2. The normalized spacial score (nSPS) is 21.1. The van der Waals surface area contributed by atoms with Crippen molar-refractivity contribution >= 4 is 11.6 Å². The fourth-order valence-electron chi connectivity index (χ4n) is 3.52. The lowest BCUT2D eigenvalue weighted by Gasteiger charge is -2.29. The summed E-state index contributed by atoms with van der Waals surface area (Å²) in [5, 5.41) is 0. The van der Waals surface area contributed by atoms with Crippen LogP contribution in [0.15, 0.2) is 42.5 Å².